The molecule has 0 spiro atoms. The molecule has 0 aromatic heterocycles. The first-order valence-corrected chi connectivity index (χ1v) is 8.62. The molecular weight excluding hydrogens is 274 g/mol. The molecule has 2 N–H and O–H groups in total. The number of fused-ring (bicyclic) bond motifs is 1. The highest BCUT2D eigenvalue weighted by Crippen LogP contribution is 2.24. The van der Waals surface area contributed by atoms with Crippen LogP contribution in [0, 0.1) is 0 Å². The van der Waals surface area contributed by atoms with Crippen molar-refractivity contribution in [3.63, 3.8) is 0 Å². The van der Waals surface area contributed by atoms with E-state index in [1.807, 2.05) is 6.07 Å². The van der Waals surface area contributed by atoms with Crippen molar-refractivity contribution >= 4 is 11.6 Å². The summed E-state index contributed by atoms with van der Waals surface area (Å²) in [5.74, 6) is 0.110. The summed E-state index contributed by atoms with van der Waals surface area (Å²) in [6.45, 7) is 5.73. The second-order valence-electron chi connectivity index (χ2n) is 6.50. The van der Waals surface area contributed by atoms with E-state index in [-0.39, 0.29) is 5.91 Å². The summed E-state index contributed by atoms with van der Waals surface area (Å²) >= 11 is 0. The second kappa shape index (κ2) is 7.25. The van der Waals surface area contributed by atoms with Gasteiger partial charge in [-0.05, 0) is 68.5 Å². The van der Waals surface area contributed by atoms with Gasteiger partial charge in [-0.25, -0.2) is 0 Å². The van der Waals surface area contributed by atoms with Crippen molar-refractivity contribution in [2.45, 2.75) is 45.1 Å². The van der Waals surface area contributed by atoms with Crippen LogP contribution in [-0.4, -0.2) is 43.0 Å². The Morgan fingerprint density at radius 1 is 1.36 bits per heavy atom. The fraction of sp³-hybridized carbons (Fsp3) is 0.611. The molecule has 1 saturated heterocycles. The molecule has 3 rings (SSSR count). The fourth-order valence-corrected chi connectivity index (χ4v) is 3.66. The maximum Gasteiger partial charge on any atom is 0.238 e. The third-order valence-corrected chi connectivity index (χ3v) is 4.79. The number of benzene rings is 1. The van der Waals surface area contributed by atoms with Gasteiger partial charge in [-0.3, -0.25) is 9.69 Å². The highest BCUT2D eigenvalue weighted by atomic mass is 16.2. The Labute approximate surface area is 133 Å². The Hall–Kier alpha value is -1.39. The van der Waals surface area contributed by atoms with Crippen LogP contribution < -0.4 is 10.6 Å². The van der Waals surface area contributed by atoms with Gasteiger partial charge < -0.3 is 10.6 Å². The lowest BCUT2D eigenvalue weighted by atomic mass is 10.1. The van der Waals surface area contributed by atoms with Crippen LogP contribution in [0.3, 0.4) is 0 Å². The monoisotopic (exact) mass is 301 g/mol. The summed E-state index contributed by atoms with van der Waals surface area (Å²) in [5.41, 5.74) is 3.80. The lowest BCUT2D eigenvalue weighted by Crippen LogP contribution is -2.42. The van der Waals surface area contributed by atoms with Crippen LogP contribution in [0.2, 0.25) is 0 Å². The van der Waals surface area contributed by atoms with Gasteiger partial charge in [0, 0.05) is 18.3 Å². The third-order valence-electron chi connectivity index (χ3n) is 4.79. The van der Waals surface area contributed by atoms with Gasteiger partial charge in [0.1, 0.15) is 0 Å². The number of hydrogen-bond donors (Lipinski definition) is 2. The molecule has 0 radical (unpaired) electrons. The van der Waals surface area contributed by atoms with Crippen molar-refractivity contribution < 1.29 is 4.79 Å². The highest BCUT2D eigenvalue weighted by molar-refractivity contribution is 5.92. The zero-order valence-corrected chi connectivity index (χ0v) is 13.5. The van der Waals surface area contributed by atoms with E-state index >= 15 is 0 Å². The summed E-state index contributed by atoms with van der Waals surface area (Å²) in [7, 11) is 0. The van der Waals surface area contributed by atoms with E-state index in [1.165, 1.54) is 24.0 Å². The molecule has 1 aromatic carbocycles. The van der Waals surface area contributed by atoms with E-state index in [9.17, 15) is 4.79 Å². The van der Waals surface area contributed by atoms with Crippen LogP contribution in [0.4, 0.5) is 5.69 Å². The number of nitrogens with one attached hydrogen (secondary N) is 2. The molecule has 1 atom stereocenters. The summed E-state index contributed by atoms with van der Waals surface area (Å²) < 4.78 is 0. The van der Waals surface area contributed by atoms with E-state index in [0.29, 0.717) is 12.6 Å². The Balaban J connectivity index is 1.58. The SMILES string of the molecule is CCCN(CC(=O)Nc1ccc2c(c1)CCC2)C1CCNC1. The fourth-order valence-electron chi connectivity index (χ4n) is 3.66. The van der Waals surface area contributed by atoms with Gasteiger partial charge in [0.2, 0.25) is 5.91 Å². The highest BCUT2D eigenvalue weighted by Gasteiger charge is 2.23. The summed E-state index contributed by atoms with van der Waals surface area (Å²) in [4.78, 5) is 14.7. The van der Waals surface area contributed by atoms with Gasteiger partial charge >= 0.3 is 0 Å². The van der Waals surface area contributed by atoms with E-state index < -0.39 is 0 Å². The van der Waals surface area contributed by atoms with Gasteiger partial charge in [-0.15, -0.1) is 0 Å². The van der Waals surface area contributed by atoms with Crippen molar-refractivity contribution in [1.29, 1.82) is 0 Å². The normalized spacial score (nSPS) is 20.4. The minimum absolute atomic E-state index is 0.110. The molecule has 120 valence electrons. The molecule has 0 bridgehead atoms. The maximum atomic E-state index is 12.4. The Kier molecular flexibility index (Phi) is 5.11. The molecule has 1 unspecified atom stereocenters. The van der Waals surface area contributed by atoms with Gasteiger partial charge in [0.05, 0.1) is 6.54 Å². The average Bonchev–Trinajstić information content (AvgIpc) is 3.17. The number of carbonyl (C=O) groups is 1. The molecule has 1 amide bonds. The van der Waals surface area contributed by atoms with Gasteiger partial charge in [0.25, 0.3) is 0 Å². The second-order valence-corrected chi connectivity index (χ2v) is 6.50. The maximum absolute atomic E-state index is 12.4. The number of rotatable bonds is 6. The molecule has 0 saturated carbocycles. The van der Waals surface area contributed by atoms with Gasteiger partial charge in [0.15, 0.2) is 0 Å². The van der Waals surface area contributed by atoms with Crippen LogP contribution in [0.1, 0.15) is 37.3 Å². The minimum Gasteiger partial charge on any atom is -0.325 e. The standard InChI is InChI=1S/C18H27N3O/c1-2-10-21(17-8-9-19-12-17)13-18(22)20-16-7-6-14-4-3-5-15(14)11-16/h6-7,11,17,19H,2-5,8-10,12-13H2,1H3,(H,20,22). The van der Waals surface area contributed by atoms with Crippen molar-refractivity contribution in [2.24, 2.45) is 0 Å². The lowest BCUT2D eigenvalue weighted by Gasteiger charge is -2.27. The smallest absolute Gasteiger partial charge is 0.238 e. The number of carbonyl (C=O) groups excluding carboxylic acids is 1. The molecule has 4 heteroatoms. The van der Waals surface area contributed by atoms with Crippen LogP contribution >= 0.6 is 0 Å². The number of amides is 1. The molecule has 1 aromatic rings. The van der Waals surface area contributed by atoms with E-state index in [1.54, 1.807) is 0 Å². The predicted molar refractivity (Wildman–Crippen MR) is 90.2 cm³/mol. The third kappa shape index (κ3) is 3.68. The molecule has 1 aliphatic carbocycles. The minimum atomic E-state index is 0.110. The lowest BCUT2D eigenvalue weighted by molar-refractivity contribution is -0.117. The average molecular weight is 301 g/mol. The van der Waals surface area contributed by atoms with E-state index in [0.717, 1.165) is 44.6 Å². The van der Waals surface area contributed by atoms with Crippen molar-refractivity contribution in [1.82, 2.24) is 10.2 Å². The molecule has 22 heavy (non-hydrogen) atoms. The predicted octanol–water partition coefficient (Wildman–Crippen LogP) is 2.19. The zero-order chi connectivity index (χ0) is 15.4. The van der Waals surface area contributed by atoms with Gasteiger partial charge in [-0.2, -0.15) is 0 Å². The number of anilines is 1. The van der Waals surface area contributed by atoms with Crippen LogP contribution in [0.25, 0.3) is 0 Å². The molecule has 1 aliphatic heterocycles. The molecular formula is C18H27N3O. The van der Waals surface area contributed by atoms with Crippen LogP contribution in [-0.2, 0) is 17.6 Å². The summed E-state index contributed by atoms with van der Waals surface area (Å²) in [6.07, 6.45) is 5.80. The Morgan fingerprint density at radius 2 is 2.23 bits per heavy atom. The number of hydrogen-bond acceptors (Lipinski definition) is 3. The van der Waals surface area contributed by atoms with E-state index in [2.05, 4.69) is 34.6 Å². The van der Waals surface area contributed by atoms with Crippen LogP contribution in [0.15, 0.2) is 18.2 Å². The quantitative estimate of drug-likeness (QED) is 0.846. The Morgan fingerprint density at radius 3 is 3.00 bits per heavy atom. The summed E-state index contributed by atoms with van der Waals surface area (Å²) in [5, 5.41) is 6.47. The van der Waals surface area contributed by atoms with Crippen molar-refractivity contribution in [3.05, 3.63) is 29.3 Å². The topological polar surface area (TPSA) is 44.4 Å². The number of nitrogens with zero attached hydrogens (tertiary/aromatic N) is 1. The molecule has 4 nitrogen and oxygen atoms in total. The number of aryl methyl sites for hydroxylation is 2. The van der Waals surface area contributed by atoms with Gasteiger partial charge in [-0.1, -0.05) is 13.0 Å². The Bertz CT molecular complexity index is 523. The largest absolute Gasteiger partial charge is 0.325 e. The van der Waals surface area contributed by atoms with Crippen LogP contribution in [0.5, 0.6) is 0 Å². The van der Waals surface area contributed by atoms with Crippen molar-refractivity contribution in [2.75, 3.05) is 31.5 Å². The first-order valence-electron chi connectivity index (χ1n) is 8.62. The summed E-state index contributed by atoms with van der Waals surface area (Å²) in [6, 6.07) is 6.87. The molecule has 1 heterocycles. The van der Waals surface area contributed by atoms with Crippen molar-refractivity contribution in [3.8, 4) is 0 Å². The van der Waals surface area contributed by atoms with E-state index in [4.69, 9.17) is 0 Å². The molecule has 1 fully saturated rings. The zero-order valence-electron chi connectivity index (χ0n) is 13.5. The first-order chi connectivity index (χ1) is 10.8. The molecule has 2 aliphatic rings. The first kappa shape index (κ1) is 15.5.